The molecule has 1 fully saturated rings. The smallest absolute Gasteiger partial charge is 0.251 e. The first-order valence-electron chi connectivity index (χ1n) is 9.41. The number of quaternary nitrogens is 1. The molecular weight excluding hydrogens is 360 g/mol. The van der Waals surface area contributed by atoms with E-state index in [0.29, 0.717) is 12.1 Å². The van der Waals surface area contributed by atoms with Crippen molar-refractivity contribution in [2.75, 3.05) is 19.3 Å². The van der Waals surface area contributed by atoms with Crippen molar-refractivity contribution in [3.05, 3.63) is 65.2 Å². The van der Waals surface area contributed by atoms with Gasteiger partial charge in [0, 0.05) is 23.9 Å². The van der Waals surface area contributed by atoms with Gasteiger partial charge < -0.3 is 10.2 Å². The Morgan fingerprint density at radius 2 is 1.52 bits per heavy atom. The van der Waals surface area contributed by atoms with Gasteiger partial charge in [0.2, 0.25) is 0 Å². The maximum absolute atomic E-state index is 12.2. The second-order valence-electron chi connectivity index (χ2n) is 7.28. The number of likely N-dealkylation sites (tertiary alicyclic amines) is 1. The highest BCUT2D eigenvalue weighted by atomic mass is 32.2. The van der Waals surface area contributed by atoms with Crippen molar-refractivity contribution in [2.24, 2.45) is 0 Å². The lowest BCUT2D eigenvalue weighted by Crippen LogP contribution is -3.11. The van der Waals surface area contributed by atoms with Crippen molar-refractivity contribution in [3.8, 4) is 0 Å². The maximum Gasteiger partial charge on any atom is 0.251 e. The maximum atomic E-state index is 12.2. The molecule has 6 heteroatoms. The minimum Gasteiger partial charge on any atom is -0.348 e. The summed E-state index contributed by atoms with van der Waals surface area (Å²) in [6.45, 7) is 4.04. The molecule has 2 aromatic rings. The van der Waals surface area contributed by atoms with Gasteiger partial charge in [0.1, 0.15) is 6.54 Å². The van der Waals surface area contributed by atoms with E-state index < -0.39 is 9.84 Å². The van der Waals surface area contributed by atoms with Crippen LogP contribution in [-0.4, -0.2) is 33.7 Å². The standard InChI is InChI=1S/C21H26N2O3S/c1-27(25,26)20-11-9-19(10-12-20)21(24)22-15-17-5-7-18(8-6-17)16-23-13-3-2-4-14-23/h5-12H,2-4,13-16H2,1H3,(H,22,24)/p+1. The van der Waals surface area contributed by atoms with Crippen LogP contribution in [0.3, 0.4) is 0 Å². The summed E-state index contributed by atoms with van der Waals surface area (Å²) in [7, 11) is -3.25. The fourth-order valence-corrected chi connectivity index (χ4v) is 4.06. The first kappa shape index (κ1) is 19.6. The molecule has 5 nitrogen and oxygen atoms in total. The van der Waals surface area contributed by atoms with Gasteiger partial charge in [-0.1, -0.05) is 24.3 Å². The van der Waals surface area contributed by atoms with Gasteiger partial charge in [-0.15, -0.1) is 0 Å². The number of rotatable bonds is 6. The highest BCUT2D eigenvalue weighted by Gasteiger charge is 2.14. The Morgan fingerprint density at radius 1 is 0.926 bits per heavy atom. The third-order valence-electron chi connectivity index (χ3n) is 5.04. The summed E-state index contributed by atoms with van der Waals surface area (Å²) in [6, 6.07) is 14.4. The molecule has 1 saturated heterocycles. The molecule has 0 aliphatic carbocycles. The zero-order chi connectivity index (χ0) is 19.3. The Morgan fingerprint density at radius 3 is 2.11 bits per heavy atom. The zero-order valence-corrected chi connectivity index (χ0v) is 16.5. The average Bonchev–Trinajstić information content (AvgIpc) is 2.67. The molecule has 2 N–H and O–H groups in total. The van der Waals surface area contributed by atoms with Gasteiger partial charge in [0.05, 0.1) is 18.0 Å². The van der Waals surface area contributed by atoms with Crippen LogP contribution in [0.4, 0.5) is 0 Å². The zero-order valence-electron chi connectivity index (χ0n) is 15.7. The van der Waals surface area contributed by atoms with E-state index in [2.05, 4.69) is 29.6 Å². The third-order valence-corrected chi connectivity index (χ3v) is 6.16. The molecule has 0 aromatic heterocycles. The molecule has 1 amide bonds. The van der Waals surface area contributed by atoms with E-state index in [4.69, 9.17) is 0 Å². The molecule has 0 spiro atoms. The van der Waals surface area contributed by atoms with Gasteiger partial charge in [0.15, 0.2) is 9.84 Å². The van der Waals surface area contributed by atoms with Crippen LogP contribution in [0.15, 0.2) is 53.4 Å². The Labute approximate surface area is 161 Å². The van der Waals surface area contributed by atoms with E-state index in [1.807, 2.05) is 0 Å². The Kier molecular flexibility index (Phi) is 6.29. The van der Waals surface area contributed by atoms with E-state index >= 15 is 0 Å². The van der Waals surface area contributed by atoms with Gasteiger partial charge in [-0.05, 0) is 49.1 Å². The van der Waals surface area contributed by atoms with Crippen LogP contribution < -0.4 is 10.2 Å². The van der Waals surface area contributed by atoms with E-state index in [9.17, 15) is 13.2 Å². The van der Waals surface area contributed by atoms with Crippen molar-refractivity contribution in [2.45, 2.75) is 37.2 Å². The van der Waals surface area contributed by atoms with Crippen LogP contribution in [0.25, 0.3) is 0 Å². The number of hydrogen-bond acceptors (Lipinski definition) is 3. The summed E-state index contributed by atoms with van der Waals surface area (Å²) in [5.74, 6) is -0.211. The number of nitrogens with one attached hydrogen (secondary N) is 2. The number of amides is 1. The van der Waals surface area contributed by atoms with Crippen molar-refractivity contribution in [1.82, 2.24) is 5.32 Å². The van der Waals surface area contributed by atoms with E-state index in [1.54, 1.807) is 4.90 Å². The predicted octanol–water partition coefficient (Wildman–Crippen LogP) is 1.59. The van der Waals surface area contributed by atoms with Gasteiger partial charge in [-0.25, -0.2) is 8.42 Å². The first-order valence-corrected chi connectivity index (χ1v) is 11.3. The van der Waals surface area contributed by atoms with Gasteiger partial charge in [-0.2, -0.15) is 0 Å². The van der Waals surface area contributed by atoms with Crippen molar-refractivity contribution in [1.29, 1.82) is 0 Å². The first-order chi connectivity index (χ1) is 12.9. The molecule has 3 rings (SSSR count). The number of sulfone groups is 1. The van der Waals surface area contributed by atoms with E-state index in [0.717, 1.165) is 18.4 Å². The van der Waals surface area contributed by atoms with Crippen LogP contribution in [0.1, 0.15) is 40.7 Å². The summed E-state index contributed by atoms with van der Waals surface area (Å²) < 4.78 is 23.0. The summed E-state index contributed by atoms with van der Waals surface area (Å²) in [4.78, 5) is 14.1. The molecule has 27 heavy (non-hydrogen) atoms. The van der Waals surface area contributed by atoms with Gasteiger partial charge in [-0.3, -0.25) is 4.79 Å². The lowest BCUT2D eigenvalue weighted by atomic mass is 10.1. The van der Waals surface area contributed by atoms with Crippen LogP contribution in [-0.2, 0) is 22.9 Å². The van der Waals surface area contributed by atoms with Crippen LogP contribution in [0.2, 0.25) is 0 Å². The molecule has 0 atom stereocenters. The van der Waals surface area contributed by atoms with Crippen molar-refractivity contribution < 1.29 is 18.1 Å². The summed E-state index contributed by atoms with van der Waals surface area (Å²) in [6.07, 6.45) is 5.16. The molecular formula is C21H27N2O3S+. The minimum absolute atomic E-state index is 0.211. The molecule has 0 radical (unpaired) electrons. The minimum atomic E-state index is -3.25. The quantitative estimate of drug-likeness (QED) is 0.791. The number of piperidine rings is 1. The lowest BCUT2D eigenvalue weighted by molar-refractivity contribution is -0.918. The number of hydrogen-bond donors (Lipinski definition) is 2. The predicted molar refractivity (Wildman–Crippen MR) is 105 cm³/mol. The van der Waals surface area contributed by atoms with E-state index in [1.165, 1.54) is 62.2 Å². The highest BCUT2D eigenvalue weighted by molar-refractivity contribution is 7.90. The summed E-state index contributed by atoms with van der Waals surface area (Å²) in [5, 5.41) is 2.88. The number of carbonyl (C=O) groups excluding carboxylic acids is 1. The lowest BCUT2D eigenvalue weighted by Gasteiger charge is -2.23. The fraction of sp³-hybridized carbons (Fsp3) is 0.381. The second-order valence-corrected chi connectivity index (χ2v) is 9.30. The fourth-order valence-electron chi connectivity index (χ4n) is 3.43. The average molecular weight is 388 g/mol. The molecule has 0 bridgehead atoms. The molecule has 0 unspecified atom stereocenters. The largest absolute Gasteiger partial charge is 0.348 e. The third kappa shape index (κ3) is 5.65. The summed E-state index contributed by atoms with van der Waals surface area (Å²) in [5.41, 5.74) is 2.83. The second kappa shape index (κ2) is 8.67. The van der Waals surface area contributed by atoms with Crippen LogP contribution in [0, 0.1) is 0 Å². The Balaban J connectivity index is 1.52. The highest BCUT2D eigenvalue weighted by Crippen LogP contribution is 2.11. The Bertz CT molecular complexity index is 869. The molecule has 2 aromatic carbocycles. The van der Waals surface area contributed by atoms with Crippen molar-refractivity contribution >= 4 is 15.7 Å². The summed E-state index contributed by atoms with van der Waals surface area (Å²) >= 11 is 0. The molecule has 144 valence electrons. The monoisotopic (exact) mass is 387 g/mol. The molecule has 1 aliphatic rings. The van der Waals surface area contributed by atoms with Crippen LogP contribution in [0.5, 0.6) is 0 Å². The number of carbonyl (C=O) groups is 1. The van der Waals surface area contributed by atoms with E-state index in [-0.39, 0.29) is 10.8 Å². The molecule has 1 aliphatic heterocycles. The van der Waals surface area contributed by atoms with Crippen molar-refractivity contribution in [3.63, 3.8) is 0 Å². The van der Waals surface area contributed by atoms with Gasteiger partial charge >= 0.3 is 0 Å². The van der Waals surface area contributed by atoms with Crippen LogP contribution >= 0.6 is 0 Å². The molecule has 0 saturated carbocycles. The van der Waals surface area contributed by atoms with Gasteiger partial charge in [0.25, 0.3) is 5.91 Å². The number of benzene rings is 2. The Hall–Kier alpha value is -2.18. The SMILES string of the molecule is CS(=O)(=O)c1ccc(C(=O)NCc2ccc(C[NH+]3CCCCC3)cc2)cc1. The molecule has 1 heterocycles. The normalized spacial score (nSPS) is 15.4. The topological polar surface area (TPSA) is 67.7 Å².